The Morgan fingerprint density at radius 3 is 2.38 bits per heavy atom. The minimum absolute atomic E-state index is 0.198. The van der Waals surface area contributed by atoms with Crippen LogP contribution in [0.4, 0.5) is 5.69 Å². The van der Waals surface area contributed by atoms with E-state index in [2.05, 4.69) is 10.3 Å². The van der Waals surface area contributed by atoms with Crippen molar-refractivity contribution >= 4 is 33.2 Å². The zero-order chi connectivity index (χ0) is 22.7. The van der Waals surface area contributed by atoms with E-state index in [1.807, 2.05) is 0 Å². The summed E-state index contributed by atoms with van der Waals surface area (Å²) in [6.07, 6.45) is 4.60. The molecular weight excluding hydrogens is 448 g/mol. The van der Waals surface area contributed by atoms with Crippen molar-refractivity contribution in [1.29, 1.82) is 0 Å². The van der Waals surface area contributed by atoms with E-state index in [1.165, 1.54) is 16.4 Å². The van der Waals surface area contributed by atoms with Crippen LogP contribution in [0.2, 0.25) is 5.02 Å². The molecule has 0 bridgehead atoms. The van der Waals surface area contributed by atoms with Gasteiger partial charge in [-0.25, -0.2) is 8.42 Å². The number of amides is 1. The molecule has 1 saturated heterocycles. The maximum absolute atomic E-state index is 13.2. The van der Waals surface area contributed by atoms with Crippen LogP contribution >= 0.6 is 11.6 Å². The molecule has 1 aliphatic rings. The van der Waals surface area contributed by atoms with Gasteiger partial charge in [-0.05, 0) is 66.9 Å². The van der Waals surface area contributed by atoms with Crippen molar-refractivity contribution in [3.63, 3.8) is 0 Å². The van der Waals surface area contributed by atoms with E-state index in [9.17, 15) is 13.2 Å². The second-order valence-electron chi connectivity index (χ2n) is 7.62. The molecule has 0 aliphatic carbocycles. The molecule has 1 aliphatic heterocycles. The normalized spacial score (nSPS) is 17.8. The van der Waals surface area contributed by atoms with Crippen LogP contribution in [0.15, 0.2) is 78.0 Å². The van der Waals surface area contributed by atoms with Crippen LogP contribution in [0.3, 0.4) is 0 Å². The summed E-state index contributed by atoms with van der Waals surface area (Å²) in [5.41, 5.74) is 8.41. The summed E-state index contributed by atoms with van der Waals surface area (Å²) < 4.78 is 27.8. The van der Waals surface area contributed by atoms with Gasteiger partial charge in [0.25, 0.3) is 5.91 Å². The summed E-state index contributed by atoms with van der Waals surface area (Å²) in [6.45, 7) is 0.412. The summed E-state index contributed by atoms with van der Waals surface area (Å²) in [4.78, 5) is 16.6. The van der Waals surface area contributed by atoms with Gasteiger partial charge in [-0.1, -0.05) is 23.7 Å². The minimum Gasteiger partial charge on any atom is -0.323 e. The third kappa shape index (κ3) is 4.68. The second-order valence-corrected chi connectivity index (χ2v) is 9.94. The molecule has 0 spiro atoms. The van der Waals surface area contributed by atoms with Crippen molar-refractivity contribution in [1.82, 2.24) is 9.29 Å². The maximum Gasteiger partial charge on any atom is 0.255 e. The van der Waals surface area contributed by atoms with Crippen LogP contribution in [-0.4, -0.2) is 36.2 Å². The van der Waals surface area contributed by atoms with E-state index in [0.717, 1.165) is 12.0 Å². The fourth-order valence-corrected chi connectivity index (χ4v) is 5.72. The van der Waals surface area contributed by atoms with Gasteiger partial charge in [0.05, 0.1) is 4.90 Å². The number of nitrogens with two attached hydrogens (primary N) is 1. The number of carbonyl (C=O) groups is 1. The summed E-state index contributed by atoms with van der Waals surface area (Å²) in [6, 6.07) is 15.6. The highest BCUT2D eigenvalue weighted by Gasteiger charge is 2.38. The van der Waals surface area contributed by atoms with Crippen molar-refractivity contribution in [2.45, 2.75) is 29.8 Å². The molecule has 1 aromatic heterocycles. The third-order valence-corrected chi connectivity index (χ3v) is 7.77. The first-order valence-electron chi connectivity index (χ1n) is 10.2. The fourth-order valence-electron chi connectivity index (χ4n) is 3.88. The van der Waals surface area contributed by atoms with E-state index in [1.54, 1.807) is 60.9 Å². The lowest BCUT2D eigenvalue weighted by atomic mass is 9.98. The van der Waals surface area contributed by atoms with Gasteiger partial charge in [-0.2, -0.15) is 4.31 Å². The molecular formula is C23H23ClN4O3S. The third-order valence-electron chi connectivity index (χ3n) is 5.58. The summed E-state index contributed by atoms with van der Waals surface area (Å²) in [5.74, 6) is -0.246. The van der Waals surface area contributed by atoms with Gasteiger partial charge in [0, 0.05) is 47.3 Å². The molecule has 0 saturated carbocycles. The molecule has 2 atom stereocenters. The highest BCUT2D eigenvalue weighted by atomic mass is 35.5. The van der Waals surface area contributed by atoms with Gasteiger partial charge in [-0.3, -0.25) is 9.78 Å². The number of benzene rings is 2. The van der Waals surface area contributed by atoms with Crippen LogP contribution in [-0.2, 0) is 10.0 Å². The number of carbonyl (C=O) groups excluding carboxylic acids is 1. The van der Waals surface area contributed by atoms with E-state index in [4.69, 9.17) is 17.3 Å². The lowest BCUT2D eigenvalue weighted by Gasteiger charge is -2.29. The van der Waals surface area contributed by atoms with Crippen LogP contribution in [0.1, 0.15) is 34.8 Å². The number of pyridine rings is 1. The number of anilines is 1. The van der Waals surface area contributed by atoms with Crippen LogP contribution in [0, 0.1) is 0 Å². The highest BCUT2D eigenvalue weighted by Crippen LogP contribution is 2.33. The number of hydrogen-bond donors (Lipinski definition) is 2. The van der Waals surface area contributed by atoms with E-state index < -0.39 is 16.1 Å². The molecule has 32 heavy (non-hydrogen) atoms. The SMILES string of the molecule is NC(c1ccc(C(=O)Nc2ccncc2)cc1)C1CCCN1S(=O)(=O)c1ccc(Cl)cc1. The number of hydrogen-bond acceptors (Lipinski definition) is 5. The number of nitrogens with zero attached hydrogens (tertiary/aromatic N) is 2. The van der Waals surface area contributed by atoms with Crippen molar-refractivity contribution in [2.75, 3.05) is 11.9 Å². The second kappa shape index (κ2) is 9.38. The van der Waals surface area contributed by atoms with Gasteiger partial charge in [0.15, 0.2) is 0 Å². The largest absolute Gasteiger partial charge is 0.323 e. The number of rotatable bonds is 6. The summed E-state index contributed by atoms with van der Waals surface area (Å²) in [7, 11) is -3.69. The van der Waals surface area contributed by atoms with Crippen molar-refractivity contribution in [2.24, 2.45) is 5.73 Å². The quantitative estimate of drug-likeness (QED) is 0.569. The van der Waals surface area contributed by atoms with E-state index >= 15 is 0 Å². The standard InChI is InChI=1S/C23H23ClN4O3S/c24-18-7-9-20(10-8-18)32(30,31)28-15-1-2-21(28)22(25)16-3-5-17(6-4-16)23(29)27-19-11-13-26-14-12-19/h3-14,21-22H,1-2,15,25H2,(H,26,27,29). The van der Waals surface area contributed by atoms with Gasteiger partial charge in [0.1, 0.15) is 0 Å². The number of sulfonamides is 1. The molecule has 7 nitrogen and oxygen atoms in total. The molecule has 1 fully saturated rings. The molecule has 2 heterocycles. The average Bonchev–Trinajstić information content (AvgIpc) is 3.31. The first-order valence-corrected chi connectivity index (χ1v) is 12.0. The molecule has 2 unspecified atom stereocenters. The monoisotopic (exact) mass is 470 g/mol. The first-order chi connectivity index (χ1) is 15.4. The summed E-state index contributed by atoms with van der Waals surface area (Å²) >= 11 is 5.90. The molecule has 0 radical (unpaired) electrons. The topological polar surface area (TPSA) is 105 Å². The first kappa shape index (κ1) is 22.4. The lowest BCUT2D eigenvalue weighted by molar-refractivity contribution is 0.102. The smallest absolute Gasteiger partial charge is 0.255 e. The van der Waals surface area contributed by atoms with Crippen molar-refractivity contribution in [3.05, 3.63) is 89.2 Å². The zero-order valence-corrected chi connectivity index (χ0v) is 18.8. The predicted octanol–water partition coefficient (Wildman–Crippen LogP) is 3.84. The van der Waals surface area contributed by atoms with Gasteiger partial charge in [0.2, 0.25) is 10.0 Å². The maximum atomic E-state index is 13.2. The Kier molecular flexibility index (Phi) is 6.57. The molecule has 9 heteroatoms. The predicted molar refractivity (Wildman–Crippen MR) is 124 cm³/mol. The van der Waals surface area contributed by atoms with Crippen LogP contribution in [0.5, 0.6) is 0 Å². The van der Waals surface area contributed by atoms with Crippen LogP contribution in [0.25, 0.3) is 0 Å². The number of aromatic nitrogens is 1. The lowest BCUT2D eigenvalue weighted by Crippen LogP contribution is -2.42. The minimum atomic E-state index is -3.69. The highest BCUT2D eigenvalue weighted by molar-refractivity contribution is 7.89. The van der Waals surface area contributed by atoms with Gasteiger partial charge < -0.3 is 11.1 Å². The molecule has 3 N–H and O–H groups in total. The molecule has 3 aromatic rings. The Bertz CT molecular complexity index is 1190. The average molecular weight is 471 g/mol. The Labute approximate surface area is 192 Å². The molecule has 4 rings (SSSR count). The van der Waals surface area contributed by atoms with E-state index in [-0.39, 0.29) is 16.8 Å². The van der Waals surface area contributed by atoms with Crippen molar-refractivity contribution < 1.29 is 13.2 Å². The van der Waals surface area contributed by atoms with Crippen LogP contribution < -0.4 is 11.1 Å². The van der Waals surface area contributed by atoms with Crippen molar-refractivity contribution in [3.8, 4) is 0 Å². The number of nitrogens with one attached hydrogen (secondary N) is 1. The van der Waals surface area contributed by atoms with Gasteiger partial charge in [-0.15, -0.1) is 0 Å². The van der Waals surface area contributed by atoms with Gasteiger partial charge >= 0.3 is 0 Å². The summed E-state index contributed by atoms with van der Waals surface area (Å²) in [5, 5.41) is 3.28. The molecule has 166 valence electrons. The Morgan fingerprint density at radius 1 is 1.06 bits per heavy atom. The molecule has 1 amide bonds. The molecule has 2 aromatic carbocycles. The number of halogens is 1. The zero-order valence-electron chi connectivity index (χ0n) is 17.2. The Hall–Kier alpha value is -2.78. The fraction of sp³-hybridized carbons (Fsp3) is 0.217. The Morgan fingerprint density at radius 2 is 1.72 bits per heavy atom. The van der Waals surface area contributed by atoms with E-state index in [0.29, 0.717) is 29.2 Å². The Balaban J connectivity index is 1.50.